The number of hydrogen-bond donors (Lipinski definition) is 1. The van der Waals surface area contributed by atoms with Gasteiger partial charge in [0.1, 0.15) is 18.9 Å². The minimum Gasteiger partial charge on any atom is -0.486 e. The van der Waals surface area contributed by atoms with Crippen LogP contribution in [-0.4, -0.2) is 52.9 Å². The molecule has 0 amide bonds. The smallest absolute Gasteiger partial charge is 0.252 e. The van der Waals surface area contributed by atoms with Crippen LogP contribution in [0.3, 0.4) is 0 Å². The molecule has 3 aliphatic rings. The van der Waals surface area contributed by atoms with Gasteiger partial charge in [0.05, 0.1) is 6.04 Å². The Morgan fingerprint density at radius 1 is 0.912 bits per heavy atom. The Bertz CT molecular complexity index is 1310. The molecule has 0 unspecified atom stereocenters. The predicted molar refractivity (Wildman–Crippen MR) is 132 cm³/mol. The third-order valence-corrected chi connectivity index (χ3v) is 7.07. The molecule has 3 aromatic rings. The molecule has 1 atom stereocenters. The van der Waals surface area contributed by atoms with Crippen LogP contribution < -0.4 is 25.9 Å². The molecule has 180 valence electrons. The lowest BCUT2D eigenvalue weighted by Gasteiger charge is -2.34. The summed E-state index contributed by atoms with van der Waals surface area (Å²) in [4.78, 5) is 27.4. The Hall–Kier alpha value is -2.81. The topological polar surface area (TPSA) is 77.7 Å². The molecule has 9 heteroatoms. The largest absolute Gasteiger partial charge is 0.486 e. The number of halogens is 1. The van der Waals surface area contributed by atoms with Crippen LogP contribution in [0, 0.1) is 0 Å². The lowest BCUT2D eigenvalue weighted by Crippen LogP contribution is -2.44. The van der Waals surface area contributed by atoms with Crippen molar-refractivity contribution in [3.63, 3.8) is 0 Å². The number of aromatic nitrogens is 2. The Labute approximate surface area is 203 Å². The van der Waals surface area contributed by atoms with E-state index in [0.717, 1.165) is 61.6 Å². The molecular weight excluding hydrogens is 456 g/mol. The highest BCUT2D eigenvalue weighted by Gasteiger charge is 2.29. The van der Waals surface area contributed by atoms with E-state index in [0.29, 0.717) is 25.8 Å². The summed E-state index contributed by atoms with van der Waals surface area (Å²) in [7, 11) is 0. The van der Waals surface area contributed by atoms with Gasteiger partial charge in [-0.05, 0) is 55.8 Å². The quantitative estimate of drug-likeness (QED) is 0.598. The first kappa shape index (κ1) is 23.0. The van der Waals surface area contributed by atoms with Crippen LogP contribution in [0.1, 0.15) is 24.4 Å². The van der Waals surface area contributed by atoms with E-state index >= 15 is 0 Å². The standard InChI is InChI=1S/C25H28N4O4.ClH/c30-23-5-2-18-3-6-24(31)29-20(16-28(23)25(18)29)15-27-9-7-19(8-10-27)26-14-17-1-4-21-22(13-17)33-12-11-32-21;/h1-6,13,19-20,26H,7-12,14-16H2;1H/t20-;/m1./s1. The number of piperidine rings is 1. The number of nitrogens with zero attached hydrogens (tertiary/aromatic N) is 3. The summed E-state index contributed by atoms with van der Waals surface area (Å²) >= 11 is 0. The number of benzene rings is 1. The maximum atomic E-state index is 12.6. The van der Waals surface area contributed by atoms with E-state index in [1.165, 1.54) is 5.56 Å². The maximum absolute atomic E-state index is 12.6. The van der Waals surface area contributed by atoms with Crippen LogP contribution in [0.5, 0.6) is 11.5 Å². The van der Waals surface area contributed by atoms with E-state index in [2.05, 4.69) is 22.3 Å². The average molecular weight is 485 g/mol. The van der Waals surface area contributed by atoms with E-state index in [9.17, 15) is 9.59 Å². The van der Waals surface area contributed by atoms with Crippen molar-refractivity contribution in [3.05, 3.63) is 68.7 Å². The van der Waals surface area contributed by atoms with Gasteiger partial charge in [0.25, 0.3) is 11.1 Å². The van der Waals surface area contributed by atoms with Gasteiger partial charge >= 0.3 is 0 Å². The first-order valence-corrected chi connectivity index (χ1v) is 11.7. The molecule has 1 N–H and O–H groups in total. The van der Waals surface area contributed by atoms with E-state index in [-0.39, 0.29) is 29.6 Å². The van der Waals surface area contributed by atoms with Gasteiger partial charge in [-0.1, -0.05) is 6.07 Å². The molecule has 0 saturated carbocycles. The third kappa shape index (κ3) is 4.21. The second-order valence-electron chi connectivity index (χ2n) is 9.19. The number of likely N-dealkylation sites (tertiary alicyclic amines) is 1. The van der Waals surface area contributed by atoms with Gasteiger partial charge in [-0.15, -0.1) is 12.4 Å². The fourth-order valence-electron chi connectivity index (χ4n) is 5.37. The highest BCUT2D eigenvalue weighted by molar-refractivity contribution is 5.85. The van der Waals surface area contributed by atoms with Gasteiger partial charge in [0.2, 0.25) is 0 Å². The molecule has 0 radical (unpaired) electrons. The second-order valence-corrected chi connectivity index (χ2v) is 9.19. The van der Waals surface area contributed by atoms with Gasteiger partial charge in [0, 0.05) is 43.2 Å². The van der Waals surface area contributed by atoms with E-state index in [4.69, 9.17) is 9.47 Å². The van der Waals surface area contributed by atoms with Crippen molar-refractivity contribution in [2.24, 2.45) is 0 Å². The van der Waals surface area contributed by atoms with Crippen molar-refractivity contribution in [2.45, 2.75) is 38.0 Å². The molecule has 34 heavy (non-hydrogen) atoms. The molecule has 5 heterocycles. The molecule has 0 spiro atoms. The average Bonchev–Trinajstić information content (AvgIpc) is 3.23. The van der Waals surface area contributed by atoms with Gasteiger partial charge in [-0.2, -0.15) is 0 Å². The van der Waals surface area contributed by atoms with Crippen LogP contribution in [0.25, 0.3) is 11.0 Å². The van der Waals surface area contributed by atoms with Crippen LogP contribution in [0.4, 0.5) is 0 Å². The van der Waals surface area contributed by atoms with Gasteiger partial charge in [-0.3, -0.25) is 18.7 Å². The van der Waals surface area contributed by atoms with Crippen molar-refractivity contribution in [3.8, 4) is 11.5 Å². The number of ether oxygens (including phenoxy) is 2. The number of rotatable bonds is 5. The lowest BCUT2D eigenvalue weighted by atomic mass is 10.0. The van der Waals surface area contributed by atoms with Crippen molar-refractivity contribution >= 4 is 23.4 Å². The summed E-state index contributed by atoms with van der Waals surface area (Å²) in [5.74, 6) is 1.65. The van der Waals surface area contributed by atoms with Crippen LogP contribution in [-0.2, 0) is 13.1 Å². The van der Waals surface area contributed by atoms with Gasteiger partial charge in [0.15, 0.2) is 11.5 Å². The van der Waals surface area contributed by atoms with Crippen molar-refractivity contribution in [1.82, 2.24) is 19.4 Å². The Morgan fingerprint density at radius 3 is 2.44 bits per heavy atom. The second kappa shape index (κ2) is 9.44. The minimum absolute atomic E-state index is 0. The number of hydrogen-bond acceptors (Lipinski definition) is 6. The number of fused-ring (bicyclic) bond motifs is 1. The first-order valence-electron chi connectivity index (χ1n) is 11.7. The Morgan fingerprint density at radius 2 is 1.65 bits per heavy atom. The highest BCUT2D eigenvalue weighted by atomic mass is 35.5. The summed E-state index contributed by atoms with van der Waals surface area (Å²) in [5.41, 5.74) is 1.89. The van der Waals surface area contributed by atoms with E-state index in [1.807, 2.05) is 22.8 Å². The molecular formula is C25H29ClN4O4. The molecule has 8 nitrogen and oxygen atoms in total. The highest BCUT2D eigenvalue weighted by Crippen LogP contribution is 2.31. The predicted octanol–water partition coefficient (Wildman–Crippen LogP) is 2.17. The number of pyridine rings is 2. The summed E-state index contributed by atoms with van der Waals surface area (Å²) in [5, 5.41) is 4.63. The fourth-order valence-corrected chi connectivity index (χ4v) is 5.37. The molecule has 2 aromatic heterocycles. The van der Waals surface area contributed by atoms with E-state index in [1.54, 1.807) is 16.7 Å². The summed E-state index contributed by atoms with van der Waals surface area (Å²) in [6, 6.07) is 13.4. The van der Waals surface area contributed by atoms with Gasteiger partial charge < -0.3 is 19.7 Å². The summed E-state index contributed by atoms with van der Waals surface area (Å²) in [6.07, 6.45) is 2.12. The monoisotopic (exact) mass is 484 g/mol. The molecule has 6 rings (SSSR count). The van der Waals surface area contributed by atoms with Crippen LogP contribution in [0.15, 0.2) is 52.1 Å². The summed E-state index contributed by atoms with van der Waals surface area (Å²) < 4.78 is 14.9. The molecule has 3 aliphatic heterocycles. The Balaban J connectivity index is 0.00000241. The number of nitrogens with one attached hydrogen (secondary N) is 1. The molecule has 0 bridgehead atoms. The maximum Gasteiger partial charge on any atom is 0.252 e. The minimum atomic E-state index is -0.0357. The molecule has 1 saturated heterocycles. The zero-order valence-corrected chi connectivity index (χ0v) is 19.8. The van der Waals surface area contributed by atoms with Crippen LogP contribution in [0.2, 0.25) is 0 Å². The van der Waals surface area contributed by atoms with Crippen molar-refractivity contribution < 1.29 is 9.47 Å². The Kier molecular flexibility index (Phi) is 6.38. The molecule has 1 fully saturated rings. The molecule has 0 aliphatic carbocycles. The van der Waals surface area contributed by atoms with Crippen molar-refractivity contribution in [1.29, 1.82) is 0 Å². The first-order chi connectivity index (χ1) is 16.2. The third-order valence-electron chi connectivity index (χ3n) is 7.07. The van der Waals surface area contributed by atoms with Crippen molar-refractivity contribution in [2.75, 3.05) is 32.8 Å². The SMILES string of the molecule is Cl.O=c1ccc2ccc(=O)n3c2n1C[C@H]3CN1CCC(NCc2ccc3c(c2)OCCO3)CC1. The van der Waals surface area contributed by atoms with Gasteiger partial charge in [-0.25, -0.2) is 0 Å². The fraction of sp³-hybridized carbons (Fsp3) is 0.440. The zero-order valence-electron chi connectivity index (χ0n) is 18.9. The zero-order chi connectivity index (χ0) is 22.4. The summed E-state index contributed by atoms with van der Waals surface area (Å²) in [6.45, 7) is 5.32. The normalized spacial score (nSPS) is 19.8. The van der Waals surface area contributed by atoms with Crippen LogP contribution >= 0.6 is 12.4 Å². The lowest BCUT2D eigenvalue weighted by molar-refractivity contribution is 0.169. The van der Waals surface area contributed by atoms with E-state index < -0.39 is 0 Å². The molecule has 1 aromatic carbocycles.